The van der Waals surface area contributed by atoms with Crippen molar-refractivity contribution < 1.29 is 14.4 Å². The molecule has 6 nitrogen and oxygen atoms in total. The third-order valence-corrected chi connectivity index (χ3v) is 0. The molecule has 64 valence electrons. The molecule has 0 rings (SSSR count). The molecule has 0 heterocycles. The van der Waals surface area contributed by atoms with Gasteiger partial charge in [-0.2, -0.15) is 0 Å². The number of hydrogen-bond donors (Lipinski definition) is 3. The molecule has 0 fully saturated rings. The number of carbonyl (C=O) groups excluding carboxylic acids is 3. The largest absolute Gasteiger partial charge is 0.231 e. The van der Waals surface area contributed by atoms with Gasteiger partial charge in [-0.1, -0.05) is 7.43 Å². The molecule has 7 heteroatoms. The van der Waals surface area contributed by atoms with Gasteiger partial charge in [-0.05, 0) is 11.0 Å². The van der Waals surface area contributed by atoms with Gasteiger partial charge in [0.15, 0.2) is 0 Å². The maximum Gasteiger partial charge on any atom is 0.231 e. The maximum absolute atomic E-state index is 8.35. The molecule has 0 aromatic carbocycles. The zero-order valence-corrected chi connectivity index (χ0v) is 4.22. The van der Waals surface area contributed by atoms with E-state index in [2.05, 4.69) is 0 Å². The van der Waals surface area contributed by atoms with Crippen molar-refractivity contribution in [3.63, 3.8) is 0 Å². The van der Waals surface area contributed by atoms with Gasteiger partial charge in [0.05, 0.1) is 0 Å². The van der Waals surface area contributed by atoms with Crippen LogP contribution in [0.5, 0.6) is 0 Å². The van der Waals surface area contributed by atoms with E-state index in [-0.39, 0.29) is 18.4 Å². The molecule has 0 aromatic rings. The highest BCUT2D eigenvalue weighted by atomic mass is 28.1. The second-order valence-corrected chi connectivity index (χ2v) is 0.306. The van der Waals surface area contributed by atoms with Crippen molar-refractivity contribution in [2.75, 3.05) is 0 Å². The first kappa shape index (κ1) is 34.4. The Morgan fingerprint density at radius 3 is 0.727 bits per heavy atom. The summed E-state index contributed by atoms with van der Waals surface area (Å²) >= 11 is 0. The van der Waals surface area contributed by atoms with Gasteiger partial charge in [0.2, 0.25) is 18.2 Å². The number of isocyanates is 3. The van der Waals surface area contributed by atoms with Gasteiger partial charge in [-0.3, -0.25) is 0 Å². The fourth-order valence-electron chi connectivity index (χ4n) is 0. The molecule has 0 aliphatic carbocycles. The van der Waals surface area contributed by atoms with E-state index in [9.17, 15) is 0 Å². The van der Waals surface area contributed by atoms with Crippen molar-refractivity contribution in [3.05, 3.63) is 0 Å². The smallest absolute Gasteiger partial charge is 0.222 e. The second-order valence-electron chi connectivity index (χ2n) is 0.306. The van der Waals surface area contributed by atoms with Gasteiger partial charge in [0.25, 0.3) is 0 Å². The van der Waals surface area contributed by atoms with Crippen molar-refractivity contribution in [1.82, 2.24) is 0 Å². The number of rotatable bonds is 0. The molecule has 0 radical (unpaired) electrons. The minimum atomic E-state index is 0. The van der Waals surface area contributed by atoms with E-state index in [1.807, 2.05) is 0 Å². The Kier molecular flexibility index (Phi) is 769. The van der Waals surface area contributed by atoms with Gasteiger partial charge >= 0.3 is 0 Å². The van der Waals surface area contributed by atoms with E-state index in [1.165, 1.54) is 0 Å². The first-order chi connectivity index (χ1) is 4.24. The molecular weight excluding hydrogens is 166 g/mol. The third-order valence-electron chi connectivity index (χ3n) is 0. The Bertz CT molecular complexity index is 112. The Labute approximate surface area is 68.2 Å². The Balaban J connectivity index is -0.0000000150. The number of nitrogens with one attached hydrogen (secondary N) is 3. The van der Waals surface area contributed by atoms with Gasteiger partial charge in [0, 0.05) is 0 Å². The summed E-state index contributed by atoms with van der Waals surface area (Å²) in [6.45, 7) is 0. The molecule has 0 saturated heterocycles. The molecule has 0 bridgehead atoms. The van der Waals surface area contributed by atoms with Crippen molar-refractivity contribution in [3.8, 4) is 0 Å². The lowest BCUT2D eigenvalue weighted by Crippen LogP contribution is -1.16. The van der Waals surface area contributed by atoms with Crippen LogP contribution in [0.3, 0.4) is 0 Å². The molecular formula is C4H11N3O3Si. The number of hydrogen-bond acceptors (Lipinski definition) is 6. The standard InChI is InChI=1S/3CHNO.CH4.H4Si/c3*2-1-3;;/h3*2H;2*1H4. The SMILES string of the molecule is C.N=C=O.N=C=O.N=C=O.[SiH4]. The van der Waals surface area contributed by atoms with Crippen molar-refractivity contribution in [1.29, 1.82) is 16.2 Å². The van der Waals surface area contributed by atoms with E-state index in [0.717, 1.165) is 18.2 Å². The van der Waals surface area contributed by atoms with Crippen molar-refractivity contribution in [2.45, 2.75) is 7.43 Å². The normalized spacial score (nSPS) is 2.18. The summed E-state index contributed by atoms with van der Waals surface area (Å²) in [5, 5.41) is 16.2. The monoisotopic (exact) mass is 177 g/mol. The summed E-state index contributed by atoms with van der Waals surface area (Å²) in [6.07, 6.45) is 2.25. The fraction of sp³-hybridized carbons (Fsp3) is 0.250. The maximum atomic E-state index is 8.35. The molecule has 0 aliphatic rings. The van der Waals surface area contributed by atoms with Gasteiger partial charge < -0.3 is 0 Å². The minimum Gasteiger partial charge on any atom is -0.222 e. The molecule has 0 unspecified atom stereocenters. The Morgan fingerprint density at radius 2 is 0.727 bits per heavy atom. The zero-order valence-electron chi connectivity index (χ0n) is 4.22. The van der Waals surface area contributed by atoms with E-state index in [1.54, 1.807) is 0 Å². The van der Waals surface area contributed by atoms with Crippen LogP contribution in [0.1, 0.15) is 7.43 Å². The summed E-state index contributed by atoms with van der Waals surface area (Å²) in [6, 6.07) is 0. The van der Waals surface area contributed by atoms with Crippen LogP contribution in [0.25, 0.3) is 0 Å². The summed E-state index contributed by atoms with van der Waals surface area (Å²) in [5.74, 6) is 0. The summed E-state index contributed by atoms with van der Waals surface area (Å²) in [5.41, 5.74) is 0. The quantitative estimate of drug-likeness (QED) is 0.247. The van der Waals surface area contributed by atoms with Crippen LogP contribution in [0.2, 0.25) is 0 Å². The summed E-state index contributed by atoms with van der Waals surface area (Å²) < 4.78 is 0. The lowest BCUT2D eigenvalue weighted by molar-refractivity contribution is 0.562. The fourth-order valence-corrected chi connectivity index (χ4v) is 0. The molecule has 3 N–H and O–H groups in total. The molecule has 0 aromatic heterocycles. The van der Waals surface area contributed by atoms with Crippen molar-refractivity contribution in [2.24, 2.45) is 0 Å². The van der Waals surface area contributed by atoms with E-state index < -0.39 is 0 Å². The second kappa shape index (κ2) is 246. The zero-order chi connectivity index (χ0) is 8.12. The topological polar surface area (TPSA) is 123 Å². The van der Waals surface area contributed by atoms with Crippen LogP contribution in [0, 0.1) is 16.2 Å². The van der Waals surface area contributed by atoms with Crippen LogP contribution in [-0.2, 0) is 14.4 Å². The van der Waals surface area contributed by atoms with Crippen LogP contribution in [0.4, 0.5) is 0 Å². The van der Waals surface area contributed by atoms with Crippen LogP contribution in [-0.4, -0.2) is 29.2 Å². The molecule has 11 heavy (non-hydrogen) atoms. The van der Waals surface area contributed by atoms with E-state index >= 15 is 0 Å². The lowest BCUT2D eigenvalue weighted by Gasteiger charge is -1.02. The van der Waals surface area contributed by atoms with E-state index in [0.29, 0.717) is 0 Å². The van der Waals surface area contributed by atoms with E-state index in [4.69, 9.17) is 30.6 Å². The highest BCUT2D eigenvalue weighted by Crippen LogP contribution is 0.874. The first-order valence-corrected chi connectivity index (χ1v) is 1.36. The average Bonchev–Trinajstić information content (AvgIpc) is 1.70. The molecule has 0 saturated carbocycles. The van der Waals surface area contributed by atoms with Crippen LogP contribution in [0.15, 0.2) is 0 Å². The minimum absolute atomic E-state index is 0. The van der Waals surface area contributed by atoms with Crippen LogP contribution >= 0.6 is 0 Å². The predicted octanol–water partition coefficient (Wildman–Crippen LogP) is -1.11. The van der Waals surface area contributed by atoms with Gasteiger partial charge in [-0.15, -0.1) is 0 Å². The molecule has 0 aliphatic heterocycles. The molecule has 0 atom stereocenters. The Morgan fingerprint density at radius 1 is 0.727 bits per heavy atom. The lowest BCUT2D eigenvalue weighted by atomic mass is 11.7. The van der Waals surface area contributed by atoms with Crippen molar-refractivity contribution >= 4 is 29.2 Å². The third kappa shape index (κ3) is 125. The molecule has 0 spiro atoms. The average molecular weight is 177 g/mol. The van der Waals surface area contributed by atoms with Crippen LogP contribution < -0.4 is 0 Å². The highest BCUT2D eigenvalue weighted by Gasteiger charge is 1.04. The summed E-state index contributed by atoms with van der Waals surface area (Å²) in [7, 11) is 0. The van der Waals surface area contributed by atoms with Gasteiger partial charge in [0.1, 0.15) is 0 Å². The predicted molar refractivity (Wildman–Crippen MR) is 43.3 cm³/mol. The molecule has 0 amide bonds. The Hall–Kier alpha value is -1.64. The van der Waals surface area contributed by atoms with Gasteiger partial charge in [-0.25, -0.2) is 30.6 Å². The first-order valence-electron chi connectivity index (χ1n) is 1.36. The summed E-state index contributed by atoms with van der Waals surface area (Å²) in [4.78, 5) is 25.0. The highest BCUT2D eigenvalue weighted by molar-refractivity contribution is 5.75.